The lowest BCUT2D eigenvalue weighted by Crippen LogP contribution is -2.35. The summed E-state index contributed by atoms with van der Waals surface area (Å²) < 4.78 is 45.5. The van der Waals surface area contributed by atoms with Gasteiger partial charge in [-0.3, -0.25) is 9.59 Å². The number of anilines is 1. The predicted octanol–water partition coefficient (Wildman–Crippen LogP) is 3.45. The largest absolute Gasteiger partial charge is 0.573 e. The lowest BCUT2D eigenvalue weighted by Gasteiger charge is -2.17. The second-order valence-electron chi connectivity index (χ2n) is 5.78. The van der Waals surface area contributed by atoms with E-state index in [1.807, 2.05) is 18.2 Å². The molecule has 0 aliphatic rings. The lowest BCUT2D eigenvalue weighted by atomic mass is 10.3. The molecule has 0 unspecified atom stereocenters. The molecule has 150 valence electrons. The Bertz CT molecular complexity index is 780. The molecule has 0 fully saturated rings. The van der Waals surface area contributed by atoms with E-state index in [9.17, 15) is 22.8 Å². The number of benzene rings is 2. The summed E-state index contributed by atoms with van der Waals surface area (Å²) in [4.78, 5) is 25.3. The number of para-hydroxylation sites is 1. The molecule has 0 spiro atoms. The highest BCUT2D eigenvalue weighted by Crippen LogP contribution is 2.23. The Morgan fingerprint density at radius 2 is 1.64 bits per heavy atom. The molecule has 0 radical (unpaired) electrons. The first kappa shape index (κ1) is 21.1. The van der Waals surface area contributed by atoms with Gasteiger partial charge >= 0.3 is 6.36 Å². The van der Waals surface area contributed by atoms with Crippen molar-refractivity contribution in [1.29, 1.82) is 0 Å². The van der Waals surface area contributed by atoms with Crippen LogP contribution in [0.15, 0.2) is 54.6 Å². The van der Waals surface area contributed by atoms with E-state index in [0.29, 0.717) is 5.75 Å². The van der Waals surface area contributed by atoms with Gasteiger partial charge in [0, 0.05) is 12.7 Å². The molecule has 2 aromatic rings. The van der Waals surface area contributed by atoms with Crippen LogP contribution in [0.3, 0.4) is 0 Å². The fourth-order valence-electron chi connectivity index (χ4n) is 2.21. The van der Waals surface area contributed by atoms with Gasteiger partial charge in [-0.05, 0) is 36.4 Å². The molecule has 0 saturated carbocycles. The van der Waals surface area contributed by atoms with Crippen LogP contribution in [0.1, 0.15) is 6.42 Å². The van der Waals surface area contributed by atoms with Crippen molar-refractivity contribution in [1.82, 2.24) is 4.90 Å². The Morgan fingerprint density at radius 3 is 2.25 bits per heavy atom. The van der Waals surface area contributed by atoms with Crippen LogP contribution in [0.25, 0.3) is 0 Å². The summed E-state index contributed by atoms with van der Waals surface area (Å²) in [5.74, 6) is -0.505. The van der Waals surface area contributed by atoms with Crippen molar-refractivity contribution in [3.05, 3.63) is 54.6 Å². The summed E-state index contributed by atoms with van der Waals surface area (Å²) in [5.41, 5.74) is 0.285. The van der Waals surface area contributed by atoms with E-state index in [4.69, 9.17) is 4.74 Å². The molecule has 0 aliphatic carbocycles. The van der Waals surface area contributed by atoms with E-state index in [0.717, 1.165) is 12.1 Å². The Labute approximate surface area is 159 Å². The van der Waals surface area contributed by atoms with Crippen LogP contribution >= 0.6 is 0 Å². The highest BCUT2D eigenvalue weighted by Gasteiger charge is 2.30. The van der Waals surface area contributed by atoms with Gasteiger partial charge in [0.05, 0.1) is 19.6 Å². The van der Waals surface area contributed by atoms with Gasteiger partial charge in [0.2, 0.25) is 11.8 Å². The van der Waals surface area contributed by atoms with Gasteiger partial charge in [-0.2, -0.15) is 0 Å². The van der Waals surface area contributed by atoms with Crippen molar-refractivity contribution in [2.24, 2.45) is 0 Å². The van der Waals surface area contributed by atoms with E-state index in [2.05, 4.69) is 10.1 Å². The Balaban J connectivity index is 1.74. The highest BCUT2D eigenvalue weighted by atomic mass is 19.4. The van der Waals surface area contributed by atoms with E-state index in [-0.39, 0.29) is 31.2 Å². The van der Waals surface area contributed by atoms with Crippen molar-refractivity contribution in [2.75, 3.05) is 25.5 Å². The van der Waals surface area contributed by atoms with Crippen LogP contribution in [0.4, 0.5) is 18.9 Å². The maximum Gasteiger partial charge on any atom is 0.573 e. The van der Waals surface area contributed by atoms with E-state index in [1.165, 1.54) is 24.1 Å². The summed E-state index contributed by atoms with van der Waals surface area (Å²) in [6.07, 6.45) is -4.68. The predicted molar refractivity (Wildman–Crippen MR) is 95.9 cm³/mol. The van der Waals surface area contributed by atoms with Gasteiger partial charge in [-0.25, -0.2) is 0 Å². The first-order valence-electron chi connectivity index (χ1n) is 8.30. The van der Waals surface area contributed by atoms with Crippen LogP contribution in [-0.4, -0.2) is 43.3 Å². The molecule has 0 bridgehead atoms. The van der Waals surface area contributed by atoms with Crippen LogP contribution in [0.2, 0.25) is 0 Å². The molecule has 9 heteroatoms. The number of alkyl halides is 3. The van der Waals surface area contributed by atoms with Gasteiger partial charge < -0.3 is 19.7 Å². The monoisotopic (exact) mass is 396 g/mol. The number of amides is 2. The number of rotatable bonds is 8. The standard InChI is InChI=1S/C19H19F3N2O4/c1-24(18(26)11-12-27-15-5-3-2-4-6-15)13-17(25)23-14-7-9-16(10-8-14)28-19(20,21)22/h2-10H,11-13H2,1H3,(H,23,25). The molecular weight excluding hydrogens is 377 g/mol. The molecule has 0 atom stereocenters. The molecule has 0 aliphatic heterocycles. The van der Waals surface area contributed by atoms with E-state index >= 15 is 0 Å². The Morgan fingerprint density at radius 1 is 1.00 bits per heavy atom. The number of nitrogens with zero attached hydrogens (tertiary/aromatic N) is 1. The average Bonchev–Trinajstić information content (AvgIpc) is 2.63. The van der Waals surface area contributed by atoms with Gasteiger partial charge in [0.15, 0.2) is 0 Å². The van der Waals surface area contributed by atoms with Crippen molar-refractivity contribution >= 4 is 17.5 Å². The fraction of sp³-hybridized carbons (Fsp3) is 0.263. The number of carbonyl (C=O) groups is 2. The third-order valence-electron chi connectivity index (χ3n) is 3.51. The first-order valence-corrected chi connectivity index (χ1v) is 8.30. The third kappa shape index (κ3) is 7.56. The maximum atomic E-state index is 12.1. The zero-order valence-electron chi connectivity index (χ0n) is 15.0. The van der Waals surface area contributed by atoms with Crippen molar-refractivity contribution in [3.63, 3.8) is 0 Å². The molecule has 2 rings (SSSR count). The van der Waals surface area contributed by atoms with E-state index in [1.54, 1.807) is 12.1 Å². The summed E-state index contributed by atoms with van der Waals surface area (Å²) >= 11 is 0. The smallest absolute Gasteiger partial charge is 0.493 e. The molecule has 28 heavy (non-hydrogen) atoms. The first-order chi connectivity index (χ1) is 13.2. The summed E-state index contributed by atoms with van der Waals surface area (Å²) in [6.45, 7) is -0.0273. The van der Waals surface area contributed by atoms with Crippen LogP contribution in [0.5, 0.6) is 11.5 Å². The Kier molecular flexibility index (Phi) is 7.25. The van der Waals surface area contributed by atoms with Gasteiger partial charge in [0.25, 0.3) is 0 Å². The van der Waals surface area contributed by atoms with Gasteiger partial charge in [-0.1, -0.05) is 18.2 Å². The fourth-order valence-corrected chi connectivity index (χ4v) is 2.21. The SMILES string of the molecule is CN(CC(=O)Nc1ccc(OC(F)(F)F)cc1)C(=O)CCOc1ccccc1. The number of nitrogens with one attached hydrogen (secondary N) is 1. The minimum Gasteiger partial charge on any atom is -0.493 e. The van der Waals surface area contributed by atoms with Crippen LogP contribution < -0.4 is 14.8 Å². The van der Waals surface area contributed by atoms with Gasteiger partial charge in [-0.15, -0.1) is 13.2 Å². The number of halogens is 3. The zero-order chi connectivity index (χ0) is 20.6. The summed E-state index contributed by atoms with van der Waals surface area (Å²) in [7, 11) is 1.48. The molecule has 2 aromatic carbocycles. The number of ether oxygens (including phenoxy) is 2. The second-order valence-corrected chi connectivity index (χ2v) is 5.78. The third-order valence-corrected chi connectivity index (χ3v) is 3.51. The Hall–Kier alpha value is -3.23. The molecule has 0 heterocycles. The summed E-state index contributed by atoms with van der Waals surface area (Å²) in [5, 5.41) is 2.50. The molecule has 1 N–H and O–H groups in total. The molecular formula is C19H19F3N2O4. The number of carbonyl (C=O) groups excluding carboxylic acids is 2. The quantitative estimate of drug-likeness (QED) is 0.742. The average molecular weight is 396 g/mol. The number of hydrogen-bond acceptors (Lipinski definition) is 4. The lowest BCUT2D eigenvalue weighted by molar-refractivity contribution is -0.274. The van der Waals surface area contributed by atoms with Crippen molar-refractivity contribution in [3.8, 4) is 11.5 Å². The number of likely N-dealkylation sites (N-methyl/N-ethyl adjacent to an activating group) is 1. The van der Waals surface area contributed by atoms with E-state index < -0.39 is 18.0 Å². The molecule has 2 amide bonds. The van der Waals surface area contributed by atoms with Crippen LogP contribution in [-0.2, 0) is 9.59 Å². The minimum atomic E-state index is -4.78. The number of hydrogen-bond donors (Lipinski definition) is 1. The van der Waals surface area contributed by atoms with Gasteiger partial charge in [0.1, 0.15) is 11.5 Å². The normalized spacial score (nSPS) is 10.9. The topological polar surface area (TPSA) is 67.9 Å². The molecule has 0 aromatic heterocycles. The highest BCUT2D eigenvalue weighted by molar-refractivity contribution is 5.94. The zero-order valence-corrected chi connectivity index (χ0v) is 15.0. The molecule has 6 nitrogen and oxygen atoms in total. The minimum absolute atomic E-state index is 0.0994. The van der Waals surface area contributed by atoms with Crippen molar-refractivity contribution in [2.45, 2.75) is 12.8 Å². The summed E-state index contributed by atoms with van der Waals surface area (Å²) in [6, 6.07) is 13.7. The molecule has 0 saturated heterocycles. The van der Waals surface area contributed by atoms with Crippen molar-refractivity contribution < 1.29 is 32.2 Å². The second kappa shape index (κ2) is 9.63. The maximum absolute atomic E-state index is 12.1. The van der Waals surface area contributed by atoms with Crippen LogP contribution in [0, 0.1) is 0 Å².